The van der Waals surface area contributed by atoms with Gasteiger partial charge in [0, 0.05) is 18.8 Å². The molecule has 2 atom stereocenters. The molecule has 0 saturated carbocycles. The smallest absolute Gasteiger partial charge is 0.331 e. The molecule has 1 rings (SSSR count). The molecular weight excluding hydrogens is 238 g/mol. The minimum atomic E-state index is -1.19. The highest BCUT2D eigenvalue weighted by molar-refractivity contribution is 5.79. The fraction of sp³-hybridized carbons (Fsp3) is 0.545. The van der Waals surface area contributed by atoms with E-state index < -0.39 is 18.1 Å². The first-order chi connectivity index (χ1) is 8.51. The van der Waals surface area contributed by atoms with Crippen LogP contribution < -0.4 is 5.32 Å². The first-order valence-electron chi connectivity index (χ1n) is 5.55. The third kappa shape index (κ3) is 3.07. The molecule has 1 aromatic heterocycles. The lowest BCUT2D eigenvalue weighted by molar-refractivity contribution is -0.149. The summed E-state index contributed by atoms with van der Waals surface area (Å²) in [6.07, 6.45) is 0.762. The highest BCUT2D eigenvalue weighted by atomic mass is 16.5. The predicted octanol–water partition coefficient (Wildman–Crippen LogP) is -0.560. The Bertz CT molecular complexity index is 430. The van der Waals surface area contributed by atoms with Crippen LogP contribution in [0.2, 0.25) is 0 Å². The van der Waals surface area contributed by atoms with Gasteiger partial charge in [-0.15, -0.1) is 0 Å². The van der Waals surface area contributed by atoms with Crippen LogP contribution in [0.3, 0.4) is 0 Å². The van der Waals surface area contributed by atoms with Crippen molar-refractivity contribution >= 4 is 12.4 Å². The van der Waals surface area contributed by atoms with Gasteiger partial charge in [0.2, 0.25) is 6.41 Å². The SMILES string of the molecule is CCOC(=O)C(NC=O)C(O)c1cn(C)nc1C. The van der Waals surface area contributed by atoms with Crippen molar-refractivity contribution in [3.8, 4) is 0 Å². The molecule has 1 amide bonds. The van der Waals surface area contributed by atoms with Crippen LogP contribution in [-0.2, 0) is 21.4 Å². The van der Waals surface area contributed by atoms with Crippen LogP contribution in [0.25, 0.3) is 0 Å². The zero-order valence-corrected chi connectivity index (χ0v) is 10.6. The number of nitrogens with one attached hydrogen (secondary N) is 1. The van der Waals surface area contributed by atoms with Gasteiger partial charge in [-0.2, -0.15) is 5.10 Å². The molecule has 1 aromatic rings. The van der Waals surface area contributed by atoms with Gasteiger partial charge in [0.25, 0.3) is 0 Å². The molecule has 1 heterocycles. The van der Waals surface area contributed by atoms with Crippen LogP contribution in [0, 0.1) is 6.92 Å². The van der Waals surface area contributed by atoms with Crippen LogP contribution in [0.4, 0.5) is 0 Å². The maximum Gasteiger partial charge on any atom is 0.331 e. The normalized spacial score (nSPS) is 13.8. The zero-order chi connectivity index (χ0) is 13.7. The van der Waals surface area contributed by atoms with Gasteiger partial charge in [-0.1, -0.05) is 0 Å². The first kappa shape index (κ1) is 14.2. The van der Waals surface area contributed by atoms with E-state index in [1.165, 1.54) is 4.68 Å². The van der Waals surface area contributed by atoms with E-state index in [-0.39, 0.29) is 6.61 Å². The summed E-state index contributed by atoms with van der Waals surface area (Å²) in [5, 5.41) is 16.5. The van der Waals surface area contributed by atoms with Gasteiger partial charge >= 0.3 is 5.97 Å². The van der Waals surface area contributed by atoms with E-state index in [1.807, 2.05) is 0 Å². The monoisotopic (exact) mass is 255 g/mol. The molecule has 0 aromatic carbocycles. The highest BCUT2D eigenvalue weighted by Crippen LogP contribution is 2.20. The first-order valence-corrected chi connectivity index (χ1v) is 5.55. The Labute approximate surface area is 105 Å². The van der Waals surface area contributed by atoms with Crippen molar-refractivity contribution in [2.75, 3.05) is 6.61 Å². The number of aryl methyl sites for hydroxylation is 2. The average molecular weight is 255 g/mol. The number of nitrogens with zero attached hydrogens (tertiary/aromatic N) is 2. The topological polar surface area (TPSA) is 93.5 Å². The predicted molar refractivity (Wildman–Crippen MR) is 62.5 cm³/mol. The largest absolute Gasteiger partial charge is 0.464 e. The molecule has 2 N–H and O–H groups in total. The van der Waals surface area contributed by atoms with Crippen LogP contribution in [0.15, 0.2) is 6.20 Å². The average Bonchev–Trinajstić information content (AvgIpc) is 2.65. The third-order valence-corrected chi connectivity index (χ3v) is 2.47. The number of hydrogen-bond donors (Lipinski definition) is 2. The van der Waals surface area contributed by atoms with Crippen LogP contribution in [0.5, 0.6) is 0 Å². The number of rotatable bonds is 6. The molecule has 0 bridgehead atoms. The molecule has 0 fully saturated rings. The number of ether oxygens (including phenoxy) is 1. The van der Waals surface area contributed by atoms with E-state index >= 15 is 0 Å². The highest BCUT2D eigenvalue weighted by Gasteiger charge is 2.30. The molecule has 0 aliphatic heterocycles. The lowest BCUT2D eigenvalue weighted by atomic mass is 10.0. The van der Waals surface area contributed by atoms with Crippen LogP contribution >= 0.6 is 0 Å². The number of carbonyl (C=O) groups is 2. The second kappa shape index (κ2) is 6.15. The summed E-state index contributed by atoms with van der Waals surface area (Å²) >= 11 is 0. The summed E-state index contributed by atoms with van der Waals surface area (Å²) < 4.78 is 6.32. The van der Waals surface area contributed by atoms with Gasteiger partial charge in [-0.05, 0) is 13.8 Å². The molecule has 0 aliphatic rings. The summed E-state index contributed by atoms with van der Waals surface area (Å²) in [6.45, 7) is 3.54. The van der Waals surface area contributed by atoms with E-state index in [0.29, 0.717) is 17.7 Å². The molecule has 18 heavy (non-hydrogen) atoms. The van der Waals surface area contributed by atoms with Crippen molar-refractivity contribution in [3.63, 3.8) is 0 Å². The zero-order valence-electron chi connectivity index (χ0n) is 10.6. The van der Waals surface area contributed by atoms with Crippen LogP contribution in [0.1, 0.15) is 24.3 Å². The maximum absolute atomic E-state index is 11.6. The summed E-state index contributed by atoms with van der Waals surface area (Å²) in [4.78, 5) is 22.1. The van der Waals surface area contributed by atoms with Gasteiger partial charge in [-0.25, -0.2) is 4.79 Å². The summed E-state index contributed by atoms with van der Waals surface area (Å²) in [7, 11) is 1.70. The number of amides is 1. The Balaban J connectivity index is 2.94. The van der Waals surface area contributed by atoms with E-state index in [1.54, 1.807) is 27.1 Å². The molecule has 7 nitrogen and oxygen atoms in total. The number of esters is 1. The Hall–Kier alpha value is -1.89. The second-order valence-electron chi connectivity index (χ2n) is 3.80. The standard InChI is InChI=1S/C11H17N3O4/c1-4-18-11(17)9(12-6-15)10(16)8-5-14(3)13-7(8)2/h5-6,9-10,16H,4H2,1-3H3,(H,12,15). The molecule has 100 valence electrons. The Morgan fingerprint density at radius 3 is 2.83 bits per heavy atom. The fourth-order valence-corrected chi connectivity index (χ4v) is 1.68. The minimum Gasteiger partial charge on any atom is -0.464 e. The van der Waals surface area contributed by atoms with E-state index in [9.17, 15) is 14.7 Å². The molecule has 0 saturated heterocycles. The summed E-state index contributed by atoms with van der Waals surface area (Å²) in [5.74, 6) is -0.680. The lowest BCUT2D eigenvalue weighted by Crippen LogP contribution is -2.42. The Morgan fingerprint density at radius 1 is 1.72 bits per heavy atom. The van der Waals surface area contributed by atoms with Gasteiger partial charge in [0.15, 0.2) is 6.04 Å². The van der Waals surface area contributed by atoms with E-state index in [0.717, 1.165) is 0 Å². The number of aliphatic hydroxyl groups excluding tert-OH is 1. The Kier molecular flexibility index (Phi) is 4.85. The second-order valence-corrected chi connectivity index (χ2v) is 3.80. The lowest BCUT2D eigenvalue weighted by Gasteiger charge is -2.20. The van der Waals surface area contributed by atoms with Crippen molar-refractivity contribution in [2.24, 2.45) is 7.05 Å². The molecule has 0 aliphatic carbocycles. The van der Waals surface area contributed by atoms with Crippen molar-refractivity contribution in [3.05, 3.63) is 17.5 Å². The van der Waals surface area contributed by atoms with Crippen molar-refractivity contribution in [1.82, 2.24) is 15.1 Å². The van der Waals surface area contributed by atoms with Crippen LogP contribution in [-0.4, -0.2) is 39.9 Å². The van der Waals surface area contributed by atoms with Gasteiger partial charge in [0.05, 0.1) is 12.3 Å². The van der Waals surface area contributed by atoms with Gasteiger partial charge < -0.3 is 15.2 Å². The minimum absolute atomic E-state index is 0.175. The van der Waals surface area contributed by atoms with Gasteiger partial charge in [0.1, 0.15) is 6.10 Å². The molecular formula is C11H17N3O4. The van der Waals surface area contributed by atoms with E-state index in [2.05, 4.69) is 10.4 Å². The van der Waals surface area contributed by atoms with Crippen molar-refractivity contribution < 1.29 is 19.4 Å². The quantitative estimate of drug-likeness (QED) is 0.525. The number of aromatic nitrogens is 2. The molecule has 0 radical (unpaired) electrons. The third-order valence-electron chi connectivity index (χ3n) is 2.47. The molecule has 7 heteroatoms. The van der Waals surface area contributed by atoms with Gasteiger partial charge in [-0.3, -0.25) is 9.48 Å². The van der Waals surface area contributed by atoms with E-state index in [4.69, 9.17) is 4.74 Å². The van der Waals surface area contributed by atoms with Crippen molar-refractivity contribution in [2.45, 2.75) is 26.0 Å². The number of aliphatic hydroxyl groups is 1. The molecule has 0 spiro atoms. The summed E-state index contributed by atoms with van der Waals surface area (Å²) in [5.41, 5.74) is 1.07. The number of hydrogen-bond acceptors (Lipinski definition) is 5. The Morgan fingerprint density at radius 2 is 2.39 bits per heavy atom. The van der Waals surface area contributed by atoms with Crippen molar-refractivity contribution in [1.29, 1.82) is 0 Å². The fourth-order valence-electron chi connectivity index (χ4n) is 1.68. The maximum atomic E-state index is 11.6. The molecule has 2 unspecified atom stereocenters. The number of carbonyl (C=O) groups excluding carboxylic acids is 2. The summed E-state index contributed by atoms with van der Waals surface area (Å²) in [6, 6.07) is -1.13.